The highest BCUT2D eigenvalue weighted by molar-refractivity contribution is 7.21. The van der Waals surface area contributed by atoms with Crippen molar-refractivity contribution in [2.45, 2.75) is 6.54 Å². The molecule has 0 saturated carbocycles. The van der Waals surface area contributed by atoms with E-state index in [0.29, 0.717) is 6.54 Å². The van der Waals surface area contributed by atoms with Gasteiger partial charge in [0.05, 0.1) is 22.0 Å². The zero-order valence-electron chi connectivity index (χ0n) is 12.6. The molecule has 0 aliphatic carbocycles. The van der Waals surface area contributed by atoms with Crippen LogP contribution in [-0.4, -0.2) is 11.2 Å². The second-order valence-electron chi connectivity index (χ2n) is 5.23. The number of benzene rings is 2. The second-order valence-corrected chi connectivity index (χ2v) is 7.25. The van der Waals surface area contributed by atoms with Gasteiger partial charge in [-0.1, -0.05) is 35.6 Å². The van der Waals surface area contributed by atoms with Gasteiger partial charge in [0.2, 0.25) is 0 Å². The van der Waals surface area contributed by atoms with Crippen LogP contribution >= 0.6 is 22.7 Å². The van der Waals surface area contributed by atoms with Crippen molar-refractivity contribution in [1.29, 1.82) is 0 Å². The smallest absolute Gasteiger partial charge is 0.386 e. The molecule has 0 amide bonds. The molecule has 2 aromatic carbocycles. The zero-order chi connectivity index (χ0) is 15.8. The van der Waals surface area contributed by atoms with Gasteiger partial charge in [0.1, 0.15) is 5.52 Å². The molecular formula is C17H15N3OS2. The molecule has 0 atom stereocenters. The number of nitrogens with zero attached hydrogens (tertiary/aromatic N) is 3. The van der Waals surface area contributed by atoms with Crippen LogP contribution in [0.15, 0.2) is 53.5 Å². The van der Waals surface area contributed by atoms with Crippen LogP contribution in [0.25, 0.3) is 20.4 Å². The lowest BCUT2D eigenvalue weighted by Gasteiger charge is -2.05. The molecule has 0 aliphatic heterocycles. The number of hydrogen-bond donors (Lipinski definition) is 0. The van der Waals surface area contributed by atoms with Crippen LogP contribution in [0.5, 0.6) is 0 Å². The zero-order valence-corrected chi connectivity index (χ0v) is 14.2. The number of hydrogen-bond acceptors (Lipinski definition) is 4. The minimum Gasteiger partial charge on any atom is -0.853 e. The molecule has 0 aliphatic rings. The quantitative estimate of drug-likeness (QED) is 0.528. The predicted octanol–water partition coefficient (Wildman–Crippen LogP) is 2.33. The van der Waals surface area contributed by atoms with Crippen LogP contribution in [0.4, 0.5) is 5.13 Å². The highest BCUT2D eigenvalue weighted by Crippen LogP contribution is 2.25. The Hall–Kier alpha value is -2.02. The largest absolute Gasteiger partial charge is 0.853 e. The maximum atomic E-state index is 11.2. The summed E-state index contributed by atoms with van der Waals surface area (Å²) in [6, 6.07) is 16.4. The maximum Gasteiger partial charge on any atom is 0.386 e. The van der Waals surface area contributed by atoms with Gasteiger partial charge in [-0.2, -0.15) is 0 Å². The maximum absolute atomic E-state index is 11.2. The first kappa shape index (κ1) is 14.6. The van der Waals surface area contributed by atoms with Gasteiger partial charge in [-0.15, -0.1) is 6.61 Å². The Morgan fingerprint density at radius 3 is 2.57 bits per heavy atom. The van der Waals surface area contributed by atoms with Gasteiger partial charge in [-0.05, 0) is 35.6 Å². The first-order valence-electron chi connectivity index (χ1n) is 7.36. The van der Waals surface area contributed by atoms with Gasteiger partial charge in [-0.25, -0.2) is 4.57 Å². The van der Waals surface area contributed by atoms with Crippen molar-refractivity contribution in [2.24, 2.45) is 12.0 Å². The summed E-state index contributed by atoms with van der Waals surface area (Å²) in [6.45, 7) is 0.296. The summed E-state index contributed by atoms with van der Waals surface area (Å²) < 4.78 is 6.50. The van der Waals surface area contributed by atoms with E-state index in [1.807, 2.05) is 41.9 Å². The van der Waals surface area contributed by atoms with E-state index in [1.165, 1.54) is 10.2 Å². The highest BCUT2D eigenvalue weighted by atomic mass is 32.1. The van der Waals surface area contributed by atoms with Gasteiger partial charge in [-0.3, -0.25) is 4.57 Å². The Balaban J connectivity index is 1.98. The number of rotatable bonds is 3. The summed E-state index contributed by atoms with van der Waals surface area (Å²) in [4.78, 5) is 5.74. The predicted molar refractivity (Wildman–Crippen MR) is 92.9 cm³/mol. The van der Waals surface area contributed by atoms with Gasteiger partial charge < -0.3 is 5.11 Å². The van der Waals surface area contributed by atoms with Crippen LogP contribution in [0.1, 0.15) is 0 Å². The van der Waals surface area contributed by atoms with Crippen molar-refractivity contribution in [3.05, 3.63) is 53.3 Å². The van der Waals surface area contributed by atoms with Crippen LogP contribution in [0.3, 0.4) is 0 Å². The lowest BCUT2D eigenvalue weighted by molar-refractivity contribution is -0.627. The minimum absolute atomic E-state index is 0.146. The van der Waals surface area contributed by atoms with Crippen molar-refractivity contribution in [1.82, 2.24) is 4.57 Å². The molecule has 0 unspecified atom stereocenters. The molecule has 4 aromatic rings. The number of aromatic nitrogens is 2. The van der Waals surface area contributed by atoms with E-state index in [4.69, 9.17) is 4.99 Å². The molecule has 2 aromatic heterocycles. The average Bonchev–Trinajstić information content (AvgIpc) is 3.08. The van der Waals surface area contributed by atoms with Crippen molar-refractivity contribution in [3.8, 4) is 0 Å². The molecule has 116 valence electrons. The van der Waals surface area contributed by atoms with Crippen molar-refractivity contribution in [3.63, 3.8) is 0 Å². The summed E-state index contributed by atoms with van der Waals surface area (Å²) in [7, 11) is 2.03. The fraction of sp³-hybridized carbons (Fsp3) is 0.176. The SMILES string of the molecule is C[n+]1c(N=c2sc3ccccc3n2CC[O-])sc2ccccc21. The number of fused-ring (bicyclic) bond motifs is 2. The van der Waals surface area contributed by atoms with Crippen LogP contribution < -0.4 is 14.5 Å². The molecule has 2 heterocycles. The van der Waals surface area contributed by atoms with E-state index in [9.17, 15) is 5.11 Å². The molecule has 0 spiro atoms. The standard InChI is InChI=1S/C17H15N3OS2/c1-19-12-6-2-4-8-14(12)22-16(19)18-17-20(10-11-21)13-7-3-5-9-15(13)23-17/h2-9H,10-11H2,1H3. The third-order valence-corrected chi connectivity index (χ3v) is 5.98. The Labute approximate surface area is 141 Å². The van der Waals surface area contributed by atoms with Crippen molar-refractivity contribution < 1.29 is 9.67 Å². The van der Waals surface area contributed by atoms with E-state index in [0.717, 1.165) is 20.1 Å². The topological polar surface area (TPSA) is 44.2 Å². The first-order chi connectivity index (χ1) is 11.3. The van der Waals surface area contributed by atoms with E-state index in [-0.39, 0.29) is 6.61 Å². The number of aryl methyl sites for hydroxylation is 1. The Morgan fingerprint density at radius 2 is 1.78 bits per heavy atom. The summed E-state index contributed by atoms with van der Waals surface area (Å²) in [6.07, 6.45) is 0. The van der Waals surface area contributed by atoms with E-state index >= 15 is 0 Å². The highest BCUT2D eigenvalue weighted by Gasteiger charge is 2.16. The minimum atomic E-state index is -0.146. The molecule has 0 radical (unpaired) electrons. The number of para-hydroxylation sites is 2. The number of thiazole rings is 2. The summed E-state index contributed by atoms with van der Waals surface area (Å²) in [5.74, 6) is 0. The monoisotopic (exact) mass is 341 g/mol. The van der Waals surface area contributed by atoms with Crippen LogP contribution in [-0.2, 0) is 13.6 Å². The van der Waals surface area contributed by atoms with Crippen LogP contribution in [0.2, 0.25) is 0 Å². The van der Waals surface area contributed by atoms with E-state index in [2.05, 4.69) is 22.8 Å². The Bertz CT molecular complexity index is 1060. The van der Waals surface area contributed by atoms with Gasteiger partial charge >= 0.3 is 9.93 Å². The summed E-state index contributed by atoms with van der Waals surface area (Å²) in [5.41, 5.74) is 2.25. The molecule has 4 rings (SSSR count). The molecule has 0 fully saturated rings. The van der Waals surface area contributed by atoms with Gasteiger partial charge in [0.25, 0.3) is 0 Å². The van der Waals surface area contributed by atoms with Crippen molar-refractivity contribution in [2.75, 3.05) is 6.61 Å². The fourth-order valence-corrected chi connectivity index (χ4v) is 4.82. The van der Waals surface area contributed by atoms with Crippen LogP contribution in [0, 0.1) is 0 Å². The normalized spacial score (nSPS) is 12.5. The Morgan fingerprint density at radius 1 is 1.04 bits per heavy atom. The van der Waals surface area contributed by atoms with E-state index < -0.39 is 0 Å². The van der Waals surface area contributed by atoms with Gasteiger partial charge in [0, 0.05) is 11.5 Å². The second kappa shape index (κ2) is 5.88. The molecule has 0 saturated heterocycles. The van der Waals surface area contributed by atoms with E-state index in [1.54, 1.807) is 22.7 Å². The summed E-state index contributed by atoms with van der Waals surface area (Å²) in [5, 5.41) is 12.1. The van der Waals surface area contributed by atoms with Crippen molar-refractivity contribution >= 4 is 48.2 Å². The first-order valence-corrected chi connectivity index (χ1v) is 9.00. The molecule has 0 bridgehead atoms. The average molecular weight is 341 g/mol. The lowest BCUT2D eigenvalue weighted by Crippen LogP contribution is -2.27. The fourth-order valence-electron chi connectivity index (χ4n) is 2.68. The summed E-state index contributed by atoms with van der Waals surface area (Å²) >= 11 is 3.29. The molecule has 0 N–H and O–H groups in total. The third-order valence-electron chi connectivity index (χ3n) is 3.81. The Kier molecular flexibility index (Phi) is 3.72. The molecule has 4 nitrogen and oxygen atoms in total. The molecule has 23 heavy (non-hydrogen) atoms. The third kappa shape index (κ3) is 2.49. The lowest BCUT2D eigenvalue weighted by atomic mass is 10.3. The molecule has 6 heteroatoms. The van der Waals surface area contributed by atoms with Gasteiger partial charge in [0.15, 0.2) is 0 Å². The molecular weight excluding hydrogens is 326 g/mol.